The van der Waals surface area contributed by atoms with Gasteiger partial charge in [-0.25, -0.2) is 0 Å². The second-order valence-corrected chi connectivity index (χ2v) is 10.1. The van der Waals surface area contributed by atoms with Crippen LogP contribution in [0.2, 0.25) is 0 Å². The van der Waals surface area contributed by atoms with Gasteiger partial charge >= 0.3 is 6.18 Å². The lowest BCUT2D eigenvalue weighted by Crippen LogP contribution is -2.31. The quantitative estimate of drug-likeness (QED) is 0.183. The molecule has 0 unspecified atom stereocenters. The second kappa shape index (κ2) is 11.1. The van der Waals surface area contributed by atoms with Gasteiger partial charge in [-0.05, 0) is 86.6 Å². The van der Waals surface area contributed by atoms with Crippen LogP contribution in [0.1, 0.15) is 46.7 Å². The number of aromatic nitrogens is 2. The van der Waals surface area contributed by atoms with Gasteiger partial charge in [-0.15, -0.1) is 0 Å². The van der Waals surface area contributed by atoms with Crippen molar-refractivity contribution in [2.45, 2.75) is 38.5 Å². The molecule has 2 N–H and O–H groups in total. The third-order valence-electron chi connectivity index (χ3n) is 7.10. The number of anilines is 1. The molecule has 5 rings (SSSR count). The number of benzene rings is 2. The van der Waals surface area contributed by atoms with Gasteiger partial charge in [0.1, 0.15) is 0 Å². The first-order valence-corrected chi connectivity index (χ1v) is 13.3. The molecule has 5 nitrogen and oxygen atoms in total. The summed E-state index contributed by atoms with van der Waals surface area (Å²) in [5, 5.41) is 7.55. The molecule has 0 amide bonds. The van der Waals surface area contributed by atoms with Gasteiger partial charge in [-0.2, -0.15) is 13.2 Å². The summed E-state index contributed by atoms with van der Waals surface area (Å²) in [7, 11) is 0. The maximum Gasteiger partial charge on any atom is 0.416 e. The Labute approximate surface area is 231 Å². The van der Waals surface area contributed by atoms with E-state index in [1.165, 1.54) is 12.1 Å². The van der Waals surface area contributed by atoms with E-state index < -0.39 is 11.7 Å². The maximum absolute atomic E-state index is 13.5. The van der Waals surface area contributed by atoms with Gasteiger partial charge in [0.05, 0.1) is 23.3 Å². The summed E-state index contributed by atoms with van der Waals surface area (Å²) in [4.78, 5) is 6.78. The Morgan fingerprint density at radius 3 is 2.46 bits per heavy atom. The molecule has 202 valence electrons. The van der Waals surface area contributed by atoms with Crippen molar-refractivity contribution in [1.29, 1.82) is 0 Å². The van der Waals surface area contributed by atoms with E-state index in [4.69, 9.17) is 12.2 Å². The molecule has 39 heavy (non-hydrogen) atoms. The fourth-order valence-electron chi connectivity index (χ4n) is 5.33. The Bertz CT molecular complexity index is 1440. The summed E-state index contributed by atoms with van der Waals surface area (Å²) in [6, 6.07) is 23.0. The molecule has 2 atom stereocenters. The van der Waals surface area contributed by atoms with Crippen molar-refractivity contribution < 1.29 is 13.2 Å². The molecule has 1 fully saturated rings. The van der Waals surface area contributed by atoms with E-state index in [1.807, 2.05) is 66.9 Å². The zero-order valence-electron chi connectivity index (χ0n) is 21.7. The third kappa shape index (κ3) is 5.63. The number of hydrogen-bond donors (Lipinski definition) is 2. The van der Waals surface area contributed by atoms with Crippen molar-refractivity contribution in [2.75, 3.05) is 18.4 Å². The molecular formula is C30H30F3N5S. The Balaban J connectivity index is 1.47. The average Bonchev–Trinajstić information content (AvgIpc) is 3.41. The molecular weight excluding hydrogens is 519 g/mol. The van der Waals surface area contributed by atoms with Gasteiger partial charge in [0.2, 0.25) is 0 Å². The molecule has 4 aromatic rings. The number of aryl methyl sites for hydroxylation is 1. The fraction of sp³-hybridized carbons (Fsp3) is 0.267. The van der Waals surface area contributed by atoms with Crippen molar-refractivity contribution >= 4 is 23.0 Å². The van der Waals surface area contributed by atoms with Gasteiger partial charge in [-0.3, -0.25) is 4.98 Å². The number of pyridine rings is 1. The lowest BCUT2D eigenvalue weighted by atomic mass is 9.96. The molecule has 0 bridgehead atoms. The number of rotatable bonds is 8. The molecule has 2 aromatic carbocycles. The third-order valence-corrected chi connectivity index (χ3v) is 7.45. The Kier molecular flexibility index (Phi) is 7.61. The van der Waals surface area contributed by atoms with Gasteiger partial charge in [0.25, 0.3) is 0 Å². The predicted octanol–water partition coefficient (Wildman–Crippen LogP) is 6.98. The summed E-state index contributed by atoms with van der Waals surface area (Å²) in [6.07, 6.45) is -1.81. The molecule has 0 radical (unpaired) electrons. The van der Waals surface area contributed by atoms with Gasteiger partial charge in [0.15, 0.2) is 5.11 Å². The van der Waals surface area contributed by atoms with Crippen LogP contribution in [0.3, 0.4) is 0 Å². The summed E-state index contributed by atoms with van der Waals surface area (Å²) in [5.74, 6) is 0. The zero-order chi connectivity index (χ0) is 27.6. The molecule has 1 aliphatic rings. The van der Waals surface area contributed by atoms with Gasteiger partial charge in [0, 0.05) is 42.0 Å². The SMILES string of the molecule is Cc1cc([C@H]2[C@@H](c3ccccn3)NC(=S)N2CCCNc2ccccc2)c(C)n1-c1cccc(C(F)(F)F)c1. The van der Waals surface area contributed by atoms with Crippen molar-refractivity contribution in [3.8, 4) is 5.69 Å². The smallest absolute Gasteiger partial charge is 0.385 e. The lowest BCUT2D eigenvalue weighted by molar-refractivity contribution is -0.137. The van der Waals surface area contributed by atoms with E-state index in [0.29, 0.717) is 17.3 Å². The molecule has 9 heteroatoms. The minimum Gasteiger partial charge on any atom is -0.385 e. The standard InChI is InChI=1S/C30H30F3N5S/c1-20-18-25(21(2)38(20)24-13-8-10-22(19-24)30(31,32)33)28-27(26-14-6-7-15-35-26)36-29(39)37(28)17-9-16-34-23-11-4-3-5-12-23/h3-8,10-15,18-19,27-28,34H,9,16-17H2,1-2H3,(H,36,39)/t27-,28+/m1/s1. The van der Waals surface area contributed by atoms with Crippen LogP contribution in [-0.2, 0) is 6.18 Å². The molecule has 0 aliphatic carbocycles. The molecule has 2 aromatic heterocycles. The largest absolute Gasteiger partial charge is 0.416 e. The molecule has 0 saturated carbocycles. The number of para-hydroxylation sites is 1. The average molecular weight is 550 g/mol. The number of alkyl halides is 3. The van der Waals surface area contributed by atoms with E-state index >= 15 is 0 Å². The van der Waals surface area contributed by atoms with Crippen LogP contribution >= 0.6 is 12.2 Å². The Morgan fingerprint density at radius 2 is 1.74 bits per heavy atom. The van der Waals surface area contributed by atoms with E-state index in [9.17, 15) is 13.2 Å². The highest BCUT2D eigenvalue weighted by Gasteiger charge is 2.41. The Morgan fingerprint density at radius 1 is 0.974 bits per heavy atom. The zero-order valence-corrected chi connectivity index (χ0v) is 22.6. The normalized spacial score (nSPS) is 17.4. The van der Waals surface area contributed by atoms with Crippen molar-refractivity contribution in [3.63, 3.8) is 0 Å². The maximum atomic E-state index is 13.5. The minimum atomic E-state index is -4.41. The first-order valence-electron chi connectivity index (χ1n) is 12.9. The number of thiocarbonyl (C=S) groups is 1. The molecule has 3 heterocycles. The van der Waals surface area contributed by atoms with E-state index in [0.717, 1.165) is 47.4 Å². The minimum absolute atomic E-state index is 0.171. The van der Waals surface area contributed by atoms with Gasteiger partial charge in [-0.1, -0.05) is 30.3 Å². The molecule has 1 aliphatic heterocycles. The topological polar surface area (TPSA) is 45.1 Å². The molecule has 1 saturated heterocycles. The highest BCUT2D eigenvalue weighted by molar-refractivity contribution is 7.80. The number of halogens is 3. The van der Waals surface area contributed by atoms with Crippen molar-refractivity contribution in [1.82, 2.24) is 19.8 Å². The van der Waals surface area contributed by atoms with Crippen molar-refractivity contribution in [3.05, 3.63) is 113 Å². The predicted molar refractivity (Wildman–Crippen MR) is 152 cm³/mol. The second-order valence-electron chi connectivity index (χ2n) is 9.68. The van der Waals surface area contributed by atoms with E-state index in [2.05, 4.69) is 26.6 Å². The van der Waals surface area contributed by atoms with Crippen LogP contribution in [0.5, 0.6) is 0 Å². The van der Waals surface area contributed by atoms with Crippen LogP contribution in [0.25, 0.3) is 5.69 Å². The fourth-order valence-corrected chi connectivity index (χ4v) is 5.66. The van der Waals surface area contributed by atoms with Gasteiger partial charge < -0.3 is 20.1 Å². The van der Waals surface area contributed by atoms with E-state index in [-0.39, 0.29) is 12.1 Å². The Hall–Kier alpha value is -3.85. The first-order chi connectivity index (χ1) is 18.7. The number of nitrogens with one attached hydrogen (secondary N) is 2. The molecule has 0 spiro atoms. The summed E-state index contributed by atoms with van der Waals surface area (Å²) >= 11 is 5.81. The van der Waals surface area contributed by atoms with Crippen LogP contribution < -0.4 is 10.6 Å². The highest BCUT2D eigenvalue weighted by atomic mass is 32.1. The van der Waals surface area contributed by atoms with Crippen molar-refractivity contribution in [2.24, 2.45) is 0 Å². The highest BCUT2D eigenvalue weighted by Crippen LogP contribution is 2.41. The van der Waals surface area contributed by atoms with Crippen LogP contribution in [-0.4, -0.2) is 32.7 Å². The summed E-state index contributed by atoms with van der Waals surface area (Å²) in [6.45, 7) is 5.34. The van der Waals surface area contributed by atoms with Crippen LogP contribution in [0, 0.1) is 13.8 Å². The monoisotopic (exact) mass is 549 g/mol. The number of nitrogens with zero attached hydrogens (tertiary/aromatic N) is 3. The lowest BCUT2D eigenvalue weighted by Gasteiger charge is -2.28. The number of hydrogen-bond acceptors (Lipinski definition) is 3. The van der Waals surface area contributed by atoms with Crippen LogP contribution in [0.15, 0.2) is 85.1 Å². The van der Waals surface area contributed by atoms with Crippen LogP contribution in [0.4, 0.5) is 18.9 Å². The first kappa shape index (κ1) is 26.7. The summed E-state index contributed by atoms with van der Waals surface area (Å²) < 4.78 is 42.3. The summed E-state index contributed by atoms with van der Waals surface area (Å²) in [5.41, 5.74) is 4.46. The van der Waals surface area contributed by atoms with E-state index in [1.54, 1.807) is 12.3 Å².